The number of hydrogen-bond acceptors (Lipinski definition) is 7. The molecule has 0 saturated carbocycles. The van der Waals surface area contributed by atoms with Crippen molar-refractivity contribution in [1.29, 1.82) is 0 Å². The summed E-state index contributed by atoms with van der Waals surface area (Å²) in [4.78, 5) is 14.5. The molecule has 1 saturated heterocycles. The Labute approximate surface area is 194 Å². The molecule has 0 unspecified atom stereocenters. The van der Waals surface area contributed by atoms with Crippen molar-refractivity contribution < 1.29 is 14.6 Å². The maximum Gasteiger partial charge on any atom is 0.338 e. The van der Waals surface area contributed by atoms with Gasteiger partial charge < -0.3 is 20.5 Å². The van der Waals surface area contributed by atoms with E-state index >= 15 is 0 Å². The van der Waals surface area contributed by atoms with Gasteiger partial charge in [-0.05, 0) is 74.6 Å². The van der Waals surface area contributed by atoms with Crippen molar-refractivity contribution in [3.63, 3.8) is 0 Å². The molecule has 2 aromatic carbocycles. The molecule has 33 heavy (non-hydrogen) atoms. The van der Waals surface area contributed by atoms with Crippen LogP contribution in [0.2, 0.25) is 0 Å². The Morgan fingerprint density at radius 2 is 1.97 bits per heavy atom. The lowest BCUT2D eigenvalue weighted by molar-refractivity contribution is 0.0525. The maximum absolute atomic E-state index is 12.3. The molecule has 0 spiro atoms. The Kier molecular flexibility index (Phi) is 6.49. The molecule has 2 heterocycles. The second-order valence-corrected chi connectivity index (χ2v) is 8.55. The summed E-state index contributed by atoms with van der Waals surface area (Å²) in [6, 6.07) is 13.1. The van der Waals surface area contributed by atoms with Crippen LogP contribution in [0.3, 0.4) is 0 Å². The van der Waals surface area contributed by atoms with Gasteiger partial charge >= 0.3 is 5.97 Å². The van der Waals surface area contributed by atoms with Gasteiger partial charge in [-0.15, -0.1) is 10.2 Å². The second kappa shape index (κ2) is 9.48. The van der Waals surface area contributed by atoms with Gasteiger partial charge in [0.25, 0.3) is 0 Å². The number of benzene rings is 2. The molecule has 1 fully saturated rings. The predicted molar refractivity (Wildman–Crippen MR) is 130 cm³/mol. The van der Waals surface area contributed by atoms with Crippen LogP contribution in [-0.2, 0) is 4.74 Å². The minimum atomic E-state index is -0.276. The van der Waals surface area contributed by atoms with Gasteiger partial charge in [-0.25, -0.2) is 4.79 Å². The van der Waals surface area contributed by atoms with E-state index in [-0.39, 0.29) is 11.7 Å². The lowest BCUT2D eigenvalue weighted by Crippen LogP contribution is -2.35. The number of rotatable bonds is 5. The molecule has 0 bridgehead atoms. The summed E-state index contributed by atoms with van der Waals surface area (Å²) in [6.45, 7) is 7.84. The number of ether oxygens (including phenoxy) is 1. The average Bonchev–Trinajstić information content (AvgIpc) is 2.81. The standard InChI is InChI=1S/C26H30N4O3/c1-4-33-26(32)21-13-16(2)20(12-17(21)3)18-8-7-11-30(15-18)23-14-22(28-29-25(23)27)19-9-5-6-10-24(19)31/h5-6,9-10,12-14,18,31H,4,7-8,11,15H2,1-3H3,(H2,27,29)/t18-/m0/s1. The number of aromatic hydroxyl groups is 1. The van der Waals surface area contributed by atoms with Crippen molar-refractivity contribution in [3.05, 3.63) is 64.7 Å². The van der Waals surface area contributed by atoms with E-state index < -0.39 is 0 Å². The molecular weight excluding hydrogens is 416 g/mol. The highest BCUT2D eigenvalue weighted by Gasteiger charge is 2.26. The van der Waals surface area contributed by atoms with Crippen LogP contribution in [0.15, 0.2) is 42.5 Å². The number of phenolic OH excluding ortho intramolecular Hbond substituents is 1. The number of carbonyl (C=O) groups is 1. The van der Waals surface area contributed by atoms with Crippen molar-refractivity contribution in [2.24, 2.45) is 0 Å². The van der Waals surface area contributed by atoms with E-state index in [1.54, 1.807) is 12.1 Å². The Balaban J connectivity index is 1.62. The molecule has 172 valence electrons. The normalized spacial score (nSPS) is 16.0. The molecule has 1 aliphatic heterocycles. The van der Waals surface area contributed by atoms with Crippen LogP contribution in [0.1, 0.15) is 52.7 Å². The summed E-state index contributed by atoms with van der Waals surface area (Å²) in [7, 11) is 0. The van der Waals surface area contributed by atoms with Crippen molar-refractivity contribution in [2.45, 2.75) is 39.5 Å². The van der Waals surface area contributed by atoms with Crippen LogP contribution in [0.5, 0.6) is 5.75 Å². The highest BCUT2D eigenvalue weighted by Crippen LogP contribution is 2.36. The summed E-state index contributed by atoms with van der Waals surface area (Å²) in [5.41, 5.74) is 12.2. The maximum atomic E-state index is 12.3. The zero-order valence-corrected chi connectivity index (χ0v) is 19.3. The van der Waals surface area contributed by atoms with E-state index in [0.717, 1.165) is 42.7 Å². The van der Waals surface area contributed by atoms with Crippen LogP contribution in [0, 0.1) is 13.8 Å². The zero-order valence-electron chi connectivity index (χ0n) is 19.3. The number of phenols is 1. The van der Waals surface area contributed by atoms with Crippen LogP contribution in [0.4, 0.5) is 11.5 Å². The Morgan fingerprint density at radius 3 is 2.73 bits per heavy atom. The number of aryl methyl sites for hydroxylation is 2. The number of anilines is 2. The third kappa shape index (κ3) is 4.62. The monoisotopic (exact) mass is 446 g/mol. The minimum absolute atomic E-state index is 0.159. The molecule has 1 atom stereocenters. The van der Waals surface area contributed by atoms with Gasteiger partial charge in [0.2, 0.25) is 0 Å². The van der Waals surface area contributed by atoms with Crippen LogP contribution in [0.25, 0.3) is 11.3 Å². The van der Waals surface area contributed by atoms with E-state index in [1.165, 1.54) is 5.56 Å². The number of nitrogens with two attached hydrogens (primary N) is 1. The van der Waals surface area contributed by atoms with Crippen LogP contribution in [-0.4, -0.2) is 41.0 Å². The molecule has 0 amide bonds. The first-order chi connectivity index (χ1) is 15.9. The summed E-state index contributed by atoms with van der Waals surface area (Å²) < 4.78 is 5.20. The highest BCUT2D eigenvalue weighted by atomic mass is 16.5. The van der Waals surface area contributed by atoms with E-state index in [2.05, 4.69) is 28.1 Å². The largest absolute Gasteiger partial charge is 0.507 e. The van der Waals surface area contributed by atoms with Gasteiger partial charge in [0, 0.05) is 24.6 Å². The van der Waals surface area contributed by atoms with Gasteiger partial charge in [0.05, 0.1) is 23.6 Å². The van der Waals surface area contributed by atoms with E-state index in [4.69, 9.17) is 10.5 Å². The smallest absolute Gasteiger partial charge is 0.338 e. The molecule has 3 aromatic rings. The molecule has 1 aromatic heterocycles. The first kappa shape index (κ1) is 22.6. The van der Waals surface area contributed by atoms with Gasteiger partial charge in [0.15, 0.2) is 5.82 Å². The molecule has 7 nitrogen and oxygen atoms in total. The number of carbonyl (C=O) groups excluding carboxylic acids is 1. The topological polar surface area (TPSA) is 102 Å². The Bertz CT molecular complexity index is 1180. The first-order valence-electron chi connectivity index (χ1n) is 11.3. The lowest BCUT2D eigenvalue weighted by atomic mass is 9.85. The fourth-order valence-corrected chi connectivity index (χ4v) is 4.62. The second-order valence-electron chi connectivity index (χ2n) is 8.55. The SMILES string of the molecule is CCOC(=O)c1cc(C)c([C@H]2CCCN(c3cc(-c4ccccc4O)nnc3N)C2)cc1C. The van der Waals surface area contributed by atoms with Crippen molar-refractivity contribution in [1.82, 2.24) is 10.2 Å². The first-order valence-corrected chi connectivity index (χ1v) is 11.3. The predicted octanol–water partition coefficient (Wildman–Crippen LogP) is 4.61. The third-order valence-corrected chi connectivity index (χ3v) is 6.29. The summed E-state index contributed by atoms with van der Waals surface area (Å²) in [5, 5.41) is 18.6. The molecule has 0 radical (unpaired) electrons. The van der Waals surface area contributed by atoms with Crippen molar-refractivity contribution in [2.75, 3.05) is 30.3 Å². The van der Waals surface area contributed by atoms with Gasteiger partial charge in [-0.3, -0.25) is 0 Å². The van der Waals surface area contributed by atoms with Crippen molar-refractivity contribution in [3.8, 4) is 17.0 Å². The molecule has 7 heteroatoms. The summed E-state index contributed by atoms with van der Waals surface area (Å²) >= 11 is 0. The van der Waals surface area contributed by atoms with Gasteiger partial charge in [-0.2, -0.15) is 0 Å². The summed E-state index contributed by atoms with van der Waals surface area (Å²) in [6.07, 6.45) is 2.07. The van der Waals surface area contributed by atoms with E-state index in [1.807, 2.05) is 38.1 Å². The zero-order chi connectivity index (χ0) is 23.5. The molecular formula is C26H30N4O3. The van der Waals surface area contributed by atoms with Gasteiger partial charge in [-0.1, -0.05) is 18.2 Å². The highest BCUT2D eigenvalue weighted by molar-refractivity contribution is 5.91. The minimum Gasteiger partial charge on any atom is -0.507 e. The summed E-state index contributed by atoms with van der Waals surface area (Å²) in [5.74, 6) is 0.560. The van der Waals surface area contributed by atoms with E-state index in [0.29, 0.717) is 35.2 Å². The molecule has 4 rings (SSSR count). The average molecular weight is 447 g/mol. The quantitative estimate of drug-likeness (QED) is 0.552. The number of aromatic nitrogens is 2. The fourth-order valence-electron chi connectivity index (χ4n) is 4.62. The van der Waals surface area contributed by atoms with Crippen LogP contribution < -0.4 is 10.6 Å². The fraction of sp³-hybridized carbons (Fsp3) is 0.346. The van der Waals surface area contributed by atoms with Crippen molar-refractivity contribution >= 4 is 17.5 Å². The van der Waals surface area contributed by atoms with Gasteiger partial charge in [0.1, 0.15) is 5.75 Å². The number of piperidine rings is 1. The van der Waals surface area contributed by atoms with Crippen LogP contribution >= 0.6 is 0 Å². The van der Waals surface area contributed by atoms with E-state index in [9.17, 15) is 9.90 Å². The molecule has 1 aliphatic rings. The number of nitrogens with zero attached hydrogens (tertiary/aromatic N) is 3. The third-order valence-electron chi connectivity index (χ3n) is 6.29. The number of esters is 1. The number of hydrogen-bond donors (Lipinski definition) is 2. The lowest BCUT2D eigenvalue weighted by Gasteiger charge is -2.35. The molecule has 0 aliphatic carbocycles. The Morgan fingerprint density at radius 1 is 1.18 bits per heavy atom. The number of para-hydroxylation sites is 1. The number of nitrogen functional groups attached to an aromatic ring is 1. The Hall–Kier alpha value is -3.61. The molecule has 3 N–H and O–H groups in total.